The molecule has 4 aliphatic carbocycles. The molecule has 3 aromatic rings. The van der Waals surface area contributed by atoms with Crippen molar-refractivity contribution in [3.05, 3.63) is 72.3 Å². The number of aromatic nitrogens is 4. The Morgan fingerprint density at radius 2 is 1.77 bits per heavy atom. The first-order valence-corrected chi connectivity index (χ1v) is 23.1. The number of fused-ring (bicyclic) bond motifs is 3. The summed E-state index contributed by atoms with van der Waals surface area (Å²) in [5.74, 6) is 2.76. The summed E-state index contributed by atoms with van der Waals surface area (Å²) in [7, 11) is 1.67. The number of hydrogen-bond acceptors (Lipinski definition) is 10. The summed E-state index contributed by atoms with van der Waals surface area (Å²) in [6, 6.07) is 12.0. The minimum absolute atomic E-state index is 0.0538. The van der Waals surface area contributed by atoms with Crippen molar-refractivity contribution in [2.75, 3.05) is 46.7 Å². The van der Waals surface area contributed by atoms with Gasteiger partial charge in [0.1, 0.15) is 18.7 Å². The predicted octanol–water partition coefficient (Wildman–Crippen LogP) is 8.51. The summed E-state index contributed by atoms with van der Waals surface area (Å²) in [6.45, 7) is 21.1. The number of carbonyl (C=O) groups excluding carboxylic acids is 1. The third kappa shape index (κ3) is 6.81. The van der Waals surface area contributed by atoms with E-state index in [0.29, 0.717) is 50.1 Å². The lowest BCUT2D eigenvalue weighted by atomic mass is 9.34. The van der Waals surface area contributed by atoms with Crippen LogP contribution in [0.5, 0.6) is 5.75 Å². The van der Waals surface area contributed by atoms with Crippen LogP contribution in [0.3, 0.4) is 0 Å². The van der Waals surface area contributed by atoms with E-state index >= 15 is 4.79 Å². The number of rotatable bonds is 11. The Kier molecular flexibility index (Phi) is 11.3. The fourth-order valence-corrected chi connectivity index (χ4v) is 14.2. The first kappa shape index (κ1) is 42.7. The lowest BCUT2D eigenvalue weighted by Crippen LogP contribution is -2.69. The lowest BCUT2D eigenvalue weighted by Gasteiger charge is -2.71. The highest BCUT2D eigenvalue weighted by molar-refractivity contribution is 5.75. The fraction of sp³-hybridized carbons (Fsp3) is 0.680. The molecule has 0 radical (unpaired) electrons. The molecule has 0 amide bonds. The number of morpholine rings is 1. The Bertz CT molecular complexity index is 2070. The van der Waals surface area contributed by atoms with Crippen molar-refractivity contribution in [2.24, 2.45) is 56.7 Å². The Labute approximate surface area is 363 Å². The van der Waals surface area contributed by atoms with Gasteiger partial charge in [-0.2, -0.15) is 5.10 Å². The SMILES string of the molecule is COc1ccc(COC(=O)[C@@H]2[C@@](C)([C@H](C)C(C)C)CC[C@]3(C)[C@H]4CC[C@@H]5[C@@]6(COC[C@]5(C)[C@@H](OCC5COCCN5)[C@H](n5ncnc5-c5ccncc5)C6)C4=CC[C@@]23C)cc1. The average Bonchev–Trinajstić information content (AvgIpc) is 3.76. The second kappa shape index (κ2) is 16.2. The van der Waals surface area contributed by atoms with Gasteiger partial charge in [0.05, 0.1) is 64.2 Å². The van der Waals surface area contributed by atoms with Gasteiger partial charge in [-0.05, 0) is 108 Å². The van der Waals surface area contributed by atoms with Crippen molar-refractivity contribution < 1.29 is 28.5 Å². The van der Waals surface area contributed by atoms with Gasteiger partial charge in [0.15, 0.2) is 5.82 Å². The van der Waals surface area contributed by atoms with Crippen LogP contribution in [-0.4, -0.2) is 84.6 Å². The van der Waals surface area contributed by atoms with E-state index in [4.69, 9.17) is 33.8 Å². The molecule has 2 bridgehead atoms. The van der Waals surface area contributed by atoms with Crippen LogP contribution < -0.4 is 10.1 Å². The fourth-order valence-electron chi connectivity index (χ4n) is 14.2. The first-order chi connectivity index (χ1) is 29.3. The van der Waals surface area contributed by atoms with Crippen LogP contribution in [0.2, 0.25) is 0 Å². The number of ether oxygens (including phenoxy) is 5. The van der Waals surface area contributed by atoms with E-state index in [1.165, 1.54) is 0 Å². The highest BCUT2D eigenvalue weighted by Crippen LogP contribution is 2.75. The summed E-state index contributed by atoms with van der Waals surface area (Å²) in [5.41, 5.74) is 2.36. The van der Waals surface area contributed by atoms with Crippen LogP contribution >= 0.6 is 0 Å². The van der Waals surface area contributed by atoms with E-state index < -0.39 is 0 Å². The zero-order valence-electron chi connectivity index (χ0n) is 37.8. The molecule has 6 aliphatic rings. The molecule has 12 atom stereocenters. The number of benzene rings is 1. The second-order valence-electron chi connectivity index (χ2n) is 21.0. The van der Waals surface area contributed by atoms with Crippen molar-refractivity contribution in [2.45, 2.75) is 112 Å². The molecule has 3 saturated carbocycles. The number of esters is 1. The smallest absolute Gasteiger partial charge is 0.310 e. The van der Waals surface area contributed by atoms with Crippen molar-refractivity contribution in [3.63, 3.8) is 0 Å². The minimum Gasteiger partial charge on any atom is -0.497 e. The molecule has 9 rings (SSSR count). The molecule has 1 N–H and O–H groups in total. The van der Waals surface area contributed by atoms with E-state index in [-0.39, 0.29) is 63.8 Å². The number of carbonyl (C=O) groups is 1. The summed E-state index contributed by atoms with van der Waals surface area (Å²) in [4.78, 5) is 24.2. The van der Waals surface area contributed by atoms with E-state index in [2.05, 4.69) is 69.5 Å². The normalized spacial score (nSPS) is 38.7. The number of nitrogens with zero attached hydrogens (tertiary/aromatic N) is 4. The van der Waals surface area contributed by atoms with Crippen molar-refractivity contribution in [1.82, 2.24) is 25.1 Å². The Morgan fingerprint density at radius 3 is 2.49 bits per heavy atom. The molecule has 5 fully saturated rings. The topological polar surface area (TPSA) is 119 Å². The molecule has 330 valence electrons. The molecule has 11 heteroatoms. The standard InChI is InChI=1S/C50H69N5O6/c1-32(2)33(3)46(4)19-20-48(6)38-13-14-41-47(5)29-59-30-50(41,39(38)15-18-49(48,7)42(46)45(56)61-26-34-9-11-37(57-8)12-10-34)25-40(43(47)60-28-36-27-58-24-23-52-36)55-44(53-31-54-55)35-16-21-51-22-17-35/h9-12,15-17,21-22,31-33,36,38,40-43,52H,13-14,18-20,23-30H2,1-8H3/t33-,36?,38+,40-,41+,42-,43+,46-,47+,48-,49+,50+/m1/s1. The van der Waals surface area contributed by atoms with Gasteiger partial charge in [-0.15, -0.1) is 0 Å². The molecule has 4 heterocycles. The van der Waals surface area contributed by atoms with Gasteiger partial charge >= 0.3 is 5.97 Å². The van der Waals surface area contributed by atoms with Crippen LogP contribution in [0.1, 0.15) is 98.6 Å². The molecular formula is C50H69N5O6. The molecule has 2 saturated heterocycles. The van der Waals surface area contributed by atoms with Crippen molar-refractivity contribution in [3.8, 4) is 17.1 Å². The largest absolute Gasteiger partial charge is 0.497 e. The van der Waals surface area contributed by atoms with Crippen LogP contribution in [0.25, 0.3) is 11.4 Å². The van der Waals surface area contributed by atoms with Gasteiger partial charge < -0.3 is 29.0 Å². The highest BCUT2D eigenvalue weighted by atomic mass is 16.5. The average molecular weight is 836 g/mol. The second-order valence-corrected chi connectivity index (χ2v) is 21.0. The Hall–Kier alpha value is -3.64. The molecule has 0 spiro atoms. The molecule has 2 aliphatic heterocycles. The maximum Gasteiger partial charge on any atom is 0.310 e. The van der Waals surface area contributed by atoms with Crippen LogP contribution in [0, 0.1) is 56.7 Å². The zero-order valence-corrected chi connectivity index (χ0v) is 37.8. The van der Waals surface area contributed by atoms with Gasteiger partial charge in [-0.25, -0.2) is 9.67 Å². The number of pyridine rings is 1. The minimum atomic E-state index is -0.314. The molecule has 2 aromatic heterocycles. The zero-order chi connectivity index (χ0) is 42.8. The van der Waals surface area contributed by atoms with E-state index in [1.807, 2.05) is 48.8 Å². The van der Waals surface area contributed by atoms with Gasteiger partial charge in [0, 0.05) is 35.3 Å². The van der Waals surface area contributed by atoms with E-state index in [1.54, 1.807) is 19.0 Å². The van der Waals surface area contributed by atoms with Crippen LogP contribution in [-0.2, 0) is 30.3 Å². The summed E-state index contributed by atoms with van der Waals surface area (Å²) < 4.78 is 34.0. The molecule has 1 aromatic carbocycles. The lowest BCUT2D eigenvalue weighted by molar-refractivity contribution is -0.252. The number of methoxy groups -OCH3 is 1. The molecular weight excluding hydrogens is 767 g/mol. The highest BCUT2D eigenvalue weighted by Gasteiger charge is 2.72. The molecule has 1 unspecified atom stereocenters. The first-order valence-electron chi connectivity index (χ1n) is 23.1. The van der Waals surface area contributed by atoms with Gasteiger partial charge in [0.25, 0.3) is 0 Å². The Balaban J connectivity index is 1.11. The van der Waals surface area contributed by atoms with Crippen molar-refractivity contribution in [1.29, 1.82) is 0 Å². The number of nitrogens with one attached hydrogen (secondary N) is 1. The van der Waals surface area contributed by atoms with Gasteiger partial charge in [-0.3, -0.25) is 9.78 Å². The van der Waals surface area contributed by atoms with E-state index in [0.717, 1.165) is 74.4 Å². The maximum absolute atomic E-state index is 15.0. The number of hydrogen-bond donors (Lipinski definition) is 1. The summed E-state index contributed by atoms with van der Waals surface area (Å²) in [5, 5.41) is 8.64. The third-order valence-corrected chi connectivity index (χ3v) is 17.9. The van der Waals surface area contributed by atoms with Crippen molar-refractivity contribution >= 4 is 5.97 Å². The molecule has 61 heavy (non-hydrogen) atoms. The molecule has 11 nitrogen and oxygen atoms in total. The van der Waals surface area contributed by atoms with Gasteiger partial charge in [0.2, 0.25) is 0 Å². The summed E-state index contributed by atoms with van der Waals surface area (Å²) >= 11 is 0. The maximum atomic E-state index is 15.0. The monoisotopic (exact) mass is 836 g/mol. The third-order valence-electron chi connectivity index (χ3n) is 17.9. The number of allylic oxidation sites excluding steroid dienone is 1. The van der Waals surface area contributed by atoms with E-state index in [9.17, 15) is 0 Å². The predicted molar refractivity (Wildman–Crippen MR) is 233 cm³/mol. The quantitative estimate of drug-likeness (QED) is 0.149. The van der Waals surface area contributed by atoms with Gasteiger partial charge in [-0.1, -0.05) is 72.2 Å². The van der Waals surface area contributed by atoms with Crippen LogP contribution in [0.4, 0.5) is 0 Å². The Morgan fingerprint density at radius 1 is 0.984 bits per heavy atom. The van der Waals surface area contributed by atoms with Crippen LogP contribution in [0.15, 0.2) is 66.8 Å². The summed E-state index contributed by atoms with van der Waals surface area (Å²) in [6.07, 6.45) is 13.7.